The molecule has 1 heterocycles. The summed E-state index contributed by atoms with van der Waals surface area (Å²) in [6.07, 6.45) is 1.89. The van der Waals surface area contributed by atoms with Gasteiger partial charge in [0.05, 0.1) is 0 Å². The van der Waals surface area contributed by atoms with E-state index in [0.717, 1.165) is 32.0 Å². The van der Waals surface area contributed by atoms with Crippen molar-refractivity contribution in [3.05, 3.63) is 35.1 Å². The summed E-state index contributed by atoms with van der Waals surface area (Å²) in [6.45, 7) is 3.69. The molecular weight excluding hydrogens is 227 g/mol. The molecule has 1 atom stereocenters. The normalized spacial score (nSPS) is 19.3. The van der Waals surface area contributed by atoms with Gasteiger partial charge in [0.1, 0.15) is 0 Å². The van der Waals surface area contributed by atoms with Gasteiger partial charge in [0.15, 0.2) is 17.5 Å². The third kappa shape index (κ3) is 2.46. The third-order valence-corrected chi connectivity index (χ3v) is 3.65. The van der Waals surface area contributed by atoms with E-state index in [-0.39, 0.29) is 11.5 Å². The van der Waals surface area contributed by atoms with E-state index in [2.05, 4.69) is 5.32 Å². The fourth-order valence-electron chi connectivity index (χ4n) is 2.49. The number of nitrogens with one attached hydrogen (secondary N) is 1. The van der Waals surface area contributed by atoms with Crippen molar-refractivity contribution in [3.8, 4) is 0 Å². The van der Waals surface area contributed by atoms with E-state index < -0.39 is 17.5 Å². The van der Waals surface area contributed by atoms with Crippen LogP contribution in [0.3, 0.4) is 0 Å². The van der Waals surface area contributed by atoms with Gasteiger partial charge in [-0.25, -0.2) is 13.2 Å². The van der Waals surface area contributed by atoms with E-state index in [1.807, 2.05) is 6.92 Å². The highest BCUT2D eigenvalue weighted by molar-refractivity contribution is 5.24. The van der Waals surface area contributed by atoms with E-state index >= 15 is 0 Å². The van der Waals surface area contributed by atoms with E-state index in [1.165, 1.54) is 6.07 Å². The van der Waals surface area contributed by atoms with Crippen LogP contribution in [0, 0.1) is 23.4 Å². The Balaban J connectivity index is 2.24. The summed E-state index contributed by atoms with van der Waals surface area (Å²) in [5.74, 6) is -3.26. The Morgan fingerprint density at radius 2 is 1.76 bits per heavy atom. The summed E-state index contributed by atoms with van der Waals surface area (Å²) in [4.78, 5) is 0. The van der Waals surface area contributed by atoms with Gasteiger partial charge in [-0.1, -0.05) is 13.0 Å². The number of halogens is 3. The van der Waals surface area contributed by atoms with Crippen molar-refractivity contribution in [2.75, 3.05) is 13.1 Å². The van der Waals surface area contributed by atoms with E-state index in [9.17, 15) is 13.2 Å². The summed E-state index contributed by atoms with van der Waals surface area (Å²) in [5.41, 5.74) is 0.288. The number of hydrogen-bond acceptors (Lipinski definition) is 1. The lowest BCUT2D eigenvalue weighted by Crippen LogP contribution is -2.30. The highest BCUT2D eigenvalue weighted by atomic mass is 19.2. The summed E-state index contributed by atoms with van der Waals surface area (Å²) in [5, 5.41) is 3.23. The molecule has 0 saturated carbocycles. The lowest BCUT2D eigenvalue weighted by Gasteiger charge is -2.28. The van der Waals surface area contributed by atoms with Crippen molar-refractivity contribution in [3.63, 3.8) is 0 Å². The summed E-state index contributed by atoms with van der Waals surface area (Å²) >= 11 is 0. The molecule has 4 heteroatoms. The molecule has 94 valence electrons. The maximum absolute atomic E-state index is 13.6. The lowest BCUT2D eigenvalue weighted by atomic mass is 9.81. The Morgan fingerprint density at radius 3 is 2.41 bits per heavy atom. The summed E-state index contributed by atoms with van der Waals surface area (Å²) in [7, 11) is 0. The molecule has 2 rings (SSSR count). The Bertz CT molecular complexity index is 400. The van der Waals surface area contributed by atoms with Crippen LogP contribution in [0.4, 0.5) is 13.2 Å². The minimum atomic E-state index is -1.36. The molecule has 0 bridgehead atoms. The number of rotatable bonds is 2. The minimum absolute atomic E-state index is 0.0767. The first-order chi connectivity index (χ1) is 8.11. The van der Waals surface area contributed by atoms with Gasteiger partial charge in [-0.2, -0.15) is 0 Å². The van der Waals surface area contributed by atoms with Crippen LogP contribution in [-0.4, -0.2) is 13.1 Å². The average molecular weight is 243 g/mol. The predicted molar refractivity (Wildman–Crippen MR) is 60.3 cm³/mol. The van der Waals surface area contributed by atoms with Crippen molar-refractivity contribution in [1.82, 2.24) is 5.32 Å². The molecule has 0 spiro atoms. The SMILES string of the molecule is CC(c1ccc(F)c(F)c1F)C1CCNCC1. The fraction of sp³-hybridized carbons (Fsp3) is 0.538. The zero-order valence-electron chi connectivity index (χ0n) is 9.77. The molecule has 17 heavy (non-hydrogen) atoms. The van der Waals surface area contributed by atoms with Crippen molar-refractivity contribution in [1.29, 1.82) is 0 Å². The molecule has 1 aromatic carbocycles. The molecule has 1 fully saturated rings. The quantitative estimate of drug-likeness (QED) is 0.786. The maximum atomic E-state index is 13.6. The topological polar surface area (TPSA) is 12.0 Å². The largest absolute Gasteiger partial charge is 0.317 e. The standard InChI is InChI=1S/C13H16F3N/c1-8(9-4-6-17-7-5-9)10-2-3-11(14)13(16)12(10)15/h2-3,8-9,17H,4-7H2,1H3. The van der Waals surface area contributed by atoms with Gasteiger partial charge in [-0.15, -0.1) is 0 Å². The van der Waals surface area contributed by atoms with Gasteiger partial charge >= 0.3 is 0 Å². The van der Waals surface area contributed by atoms with E-state index in [1.54, 1.807) is 0 Å². The molecule has 0 radical (unpaired) electrons. The molecule has 1 aliphatic rings. The van der Waals surface area contributed by atoms with Gasteiger partial charge in [-0.05, 0) is 49.4 Å². The molecule has 1 unspecified atom stereocenters. The Morgan fingerprint density at radius 1 is 1.12 bits per heavy atom. The number of hydrogen-bond donors (Lipinski definition) is 1. The monoisotopic (exact) mass is 243 g/mol. The second-order valence-electron chi connectivity index (χ2n) is 4.64. The van der Waals surface area contributed by atoms with E-state index in [4.69, 9.17) is 0 Å². The smallest absolute Gasteiger partial charge is 0.194 e. The van der Waals surface area contributed by atoms with Crippen LogP contribution in [-0.2, 0) is 0 Å². The first-order valence-corrected chi connectivity index (χ1v) is 5.95. The van der Waals surface area contributed by atoms with Crippen LogP contribution in [0.1, 0.15) is 31.2 Å². The van der Waals surface area contributed by atoms with Crippen LogP contribution >= 0.6 is 0 Å². The molecule has 1 N–H and O–H groups in total. The molecule has 1 nitrogen and oxygen atoms in total. The van der Waals surface area contributed by atoms with E-state index in [0.29, 0.717) is 5.92 Å². The Hall–Kier alpha value is -1.03. The lowest BCUT2D eigenvalue weighted by molar-refractivity contribution is 0.321. The third-order valence-electron chi connectivity index (χ3n) is 3.65. The van der Waals surface area contributed by atoms with Crippen molar-refractivity contribution < 1.29 is 13.2 Å². The van der Waals surface area contributed by atoms with Crippen molar-refractivity contribution in [2.24, 2.45) is 5.92 Å². The zero-order chi connectivity index (χ0) is 12.4. The zero-order valence-corrected chi connectivity index (χ0v) is 9.77. The Labute approximate surface area is 99.0 Å². The second kappa shape index (κ2) is 5.08. The first kappa shape index (κ1) is 12.4. The molecule has 0 aromatic heterocycles. The maximum Gasteiger partial charge on any atom is 0.194 e. The minimum Gasteiger partial charge on any atom is -0.317 e. The average Bonchev–Trinajstić information content (AvgIpc) is 2.36. The number of piperidine rings is 1. The van der Waals surface area contributed by atoms with Crippen LogP contribution < -0.4 is 5.32 Å². The molecule has 1 aliphatic heterocycles. The highest BCUT2D eigenvalue weighted by Crippen LogP contribution is 2.33. The van der Waals surface area contributed by atoms with Crippen LogP contribution in [0.5, 0.6) is 0 Å². The van der Waals surface area contributed by atoms with Gasteiger partial charge in [0.25, 0.3) is 0 Å². The van der Waals surface area contributed by atoms with Crippen LogP contribution in [0.2, 0.25) is 0 Å². The molecular formula is C13H16F3N. The molecule has 0 aliphatic carbocycles. The summed E-state index contributed by atoms with van der Waals surface area (Å²) < 4.78 is 39.6. The van der Waals surface area contributed by atoms with Gasteiger partial charge in [-0.3, -0.25) is 0 Å². The van der Waals surface area contributed by atoms with Crippen molar-refractivity contribution in [2.45, 2.75) is 25.7 Å². The molecule has 0 amide bonds. The van der Waals surface area contributed by atoms with Gasteiger partial charge in [0.2, 0.25) is 0 Å². The van der Waals surface area contributed by atoms with Gasteiger partial charge in [0, 0.05) is 0 Å². The van der Waals surface area contributed by atoms with Crippen LogP contribution in [0.25, 0.3) is 0 Å². The van der Waals surface area contributed by atoms with Gasteiger partial charge < -0.3 is 5.32 Å². The number of benzene rings is 1. The Kier molecular flexibility index (Phi) is 3.72. The highest BCUT2D eigenvalue weighted by Gasteiger charge is 2.25. The first-order valence-electron chi connectivity index (χ1n) is 5.95. The van der Waals surface area contributed by atoms with Crippen molar-refractivity contribution >= 4 is 0 Å². The summed E-state index contributed by atoms with van der Waals surface area (Å²) in [6, 6.07) is 2.37. The molecule has 1 saturated heterocycles. The van der Waals surface area contributed by atoms with Crippen LogP contribution in [0.15, 0.2) is 12.1 Å². The predicted octanol–water partition coefficient (Wildman–Crippen LogP) is 3.21. The molecule has 1 aromatic rings. The second-order valence-corrected chi connectivity index (χ2v) is 4.64. The fourth-order valence-corrected chi connectivity index (χ4v) is 2.49.